The van der Waals surface area contributed by atoms with Crippen molar-refractivity contribution in [3.63, 3.8) is 0 Å². The minimum absolute atomic E-state index is 0.0349. The first kappa shape index (κ1) is 17.6. The number of H-pyrrole nitrogens is 1. The fourth-order valence-electron chi connectivity index (χ4n) is 4.16. The second kappa shape index (κ2) is 7.80. The molecule has 1 fully saturated rings. The van der Waals surface area contributed by atoms with E-state index >= 15 is 0 Å². The molecule has 2 N–H and O–H groups in total. The topological polar surface area (TPSA) is 57.4 Å². The predicted molar refractivity (Wildman–Crippen MR) is 104 cm³/mol. The van der Waals surface area contributed by atoms with Gasteiger partial charge in [0.15, 0.2) is 0 Å². The zero-order valence-corrected chi connectivity index (χ0v) is 15.6. The summed E-state index contributed by atoms with van der Waals surface area (Å²) in [6.07, 6.45) is 4.45. The number of nitrogens with zero attached hydrogens (tertiary/aromatic N) is 1. The van der Waals surface area contributed by atoms with Crippen molar-refractivity contribution in [3.05, 3.63) is 35.0 Å². The van der Waals surface area contributed by atoms with E-state index < -0.39 is 0 Å². The molecule has 0 radical (unpaired) electrons. The highest BCUT2D eigenvalue weighted by Crippen LogP contribution is 2.32. The lowest BCUT2D eigenvalue weighted by molar-refractivity contribution is 0.0374. The first-order valence-corrected chi connectivity index (χ1v) is 9.92. The lowest BCUT2D eigenvalue weighted by Gasteiger charge is -2.26. The predicted octanol–water partition coefficient (Wildman–Crippen LogP) is 2.74. The molecule has 1 amide bonds. The molecule has 1 aliphatic heterocycles. The van der Waals surface area contributed by atoms with E-state index in [0.29, 0.717) is 0 Å². The van der Waals surface area contributed by atoms with Gasteiger partial charge in [-0.2, -0.15) is 0 Å². The number of morpholine rings is 1. The van der Waals surface area contributed by atoms with Crippen LogP contribution in [0.4, 0.5) is 0 Å². The molecule has 2 aliphatic rings. The first-order valence-electron chi connectivity index (χ1n) is 9.92. The Morgan fingerprint density at radius 1 is 1.35 bits per heavy atom. The fourth-order valence-corrected chi connectivity index (χ4v) is 4.16. The number of fused-ring (bicyclic) bond motifs is 3. The maximum atomic E-state index is 12.5. The van der Waals surface area contributed by atoms with E-state index in [2.05, 4.69) is 34.3 Å². The van der Waals surface area contributed by atoms with Crippen molar-refractivity contribution in [1.29, 1.82) is 0 Å². The van der Waals surface area contributed by atoms with Gasteiger partial charge in [-0.3, -0.25) is 9.69 Å². The summed E-state index contributed by atoms with van der Waals surface area (Å²) in [4.78, 5) is 18.5. The van der Waals surface area contributed by atoms with Crippen LogP contribution in [0.25, 0.3) is 10.9 Å². The smallest absolute Gasteiger partial charge is 0.251 e. The van der Waals surface area contributed by atoms with Gasteiger partial charge in [-0.1, -0.05) is 6.92 Å². The van der Waals surface area contributed by atoms with Crippen LogP contribution in [0, 0.1) is 5.92 Å². The monoisotopic (exact) mass is 355 g/mol. The van der Waals surface area contributed by atoms with Crippen molar-refractivity contribution in [2.45, 2.75) is 32.6 Å². The van der Waals surface area contributed by atoms with Crippen LogP contribution >= 0.6 is 0 Å². The normalized spacial score (nSPS) is 20.9. The molecule has 2 aromatic rings. The largest absolute Gasteiger partial charge is 0.379 e. The Morgan fingerprint density at radius 3 is 3.04 bits per heavy atom. The molecule has 1 saturated heterocycles. The Labute approximate surface area is 155 Å². The summed E-state index contributed by atoms with van der Waals surface area (Å²) in [5, 5.41) is 4.31. The van der Waals surface area contributed by atoms with Crippen molar-refractivity contribution in [2.75, 3.05) is 39.4 Å². The Hall–Kier alpha value is -1.85. The van der Waals surface area contributed by atoms with Crippen molar-refractivity contribution in [3.8, 4) is 0 Å². The number of rotatable bonds is 5. The number of hydrogen-bond acceptors (Lipinski definition) is 3. The van der Waals surface area contributed by atoms with E-state index in [9.17, 15) is 4.79 Å². The molecule has 5 nitrogen and oxygen atoms in total. The lowest BCUT2D eigenvalue weighted by Crippen LogP contribution is -2.38. The van der Waals surface area contributed by atoms with Gasteiger partial charge in [-0.15, -0.1) is 0 Å². The fraction of sp³-hybridized carbons (Fsp3) is 0.571. The van der Waals surface area contributed by atoms with Crippen LogP contribution < -0.4 is 5.32 Å². The number of amides is 1. The third-order valence-corrected chi connectivity index (χ3v) is 5.74. The number of nitrogens with one attached hydrogen (secondary N) is 2. The zero-order valence-electron chi connectivity index (χ0n) is 15.6. The van der Waals surface area contributed by atoms with Crippen molar-refractivity contribution >= 4 is 16.8 Å². The zero-order chi connectivity index (χ0) is 17.9. The summed E-state index contributed by atoms with van der Waals surface area (Å²) in [5.74, 6) is 0.756. The third-order valence-electron chi connectivity index (χ3n) is 5.74. The van der Waals surface area contributed by atoms with E-state index in [4.69, 9.17) is 4.74 Å². The Kier molecular flexibility index (Phi) is 5.27. The Balaban J connectivity index is 1.36. The summed E-state index contributed by atoms with van der Waals surface area (Å²) in [6, 6.07) is 6.06. The molecule has 1 aromatic carbocycles. The number of hydrogen-bond donors (Lipinski definition) is 2. The molecule has 4 rings (SSSR count). The number of aryl methyl sites for hydroxylation is 1. The minimum atomic E-state index is 0.0349. The van der Waals surface area contributed by atoms with Gasteiger partial charge >= 0.3 is 0 Å². The third kappa shape index (κ3) is 3.79. The highest BCUT2D eigenvalue weighted by Gasteiger charge is 2.20. The molecule has 1 aliphatic carbocycles. The Bertz CT molecular complexity index is 777. The molecular weight excluding hydrogens is 326 g/mol. The van der Waals surface area contributed by atoms with Crippen LogP contribution in [0.1, 0.15) is 41.4 Å². The van der Waals surface area contributed by atoms with Crippen LogP contribution in [0.3, 0.4) is 0 Å². The molecule has 26 heavy (non-hydrogen) atoms. The SMILES string of the molecule is C[C@H]1CCc2[nH]c3ccc(C(=O)NCCCN4CCOCC4)cc3c2C1. The van der Waals surface area contributed by atoms with Gasteiger partial charge in [0, 0.05) is 41.8 Å². The van der Waals surface area contributed by atoms with Gasteiger partial charge in [0.05, 0.1) is 13.2 Å². The quantitative estimate of drug-likeness (QED) is 0.811. The molecule has 2 heterocycles. The molecule has 0 bridgehead atoms. The number of carbonyl (C=O) groups is 1. The molecular formula is C21H29N3O2. The summed E-state index contributed by atoms with van der Waals surface area (Å²) in [7, 11) is 0. The molecule has 5 heteroatoms. The number of aromatic amines is 1. The van der Waals surface area contributed by atoms with Crippen LogP contribution in [-0.2, 0) is 17.6 Å². The number of carbonyl (C=O) groups excluding carboxylic acids is 1. The van der Waals surface area contributed by atoms with Gasteiger partial charge in [0.1, 0.15) is 0 Å². The van der Waals surface area contributed by atoms with Gasteiger partial charge in [-0.05, 0) is 61.9 Å². The Morgan fingerprint density at radius 2 is 2.19 bits per heavy atom. The van der Waals surface area contributed by atoms with Crippen LogP contribution in [0.2, 0.25) is 0 Å². The molecule has 1 aromatic heterocycles. The van der Waals surface area contributed by atoms with E-state index in [1.165, 1.54) is 23.1 Å². The molecule has 140 valence electrons. The van der Waals surface area contributed by atoms with Gasteiger partial charge in [-0.25, -0.2) is 0 Å². The highest BCUT2D eigenvalue weighted by atomic mass is 16.5. The van der Waals surface area contributed by atoms with Crippen molar-refractivity contribution in [2.24, 2.45) is 5.92 Å². The number of aromatic nitrogens is 1. The van der Waals surface area contributed by atoms with Gasteiger partial charge in [0.2, 0.25) is 0 Å². The molecule has 0 spiro atoms. The van der Waals surface area contributed by atoms with Crippen LogP contribution in [-0.4, -0.2) is 55.2 Å². The van der Waals surface area contributed by atoms with E-state index in [1.807, 2.05) is 6.07 Å². The number of benzene rings is 1. The molecule has 0 saturated carbocycles. The summed E-state index contributed by atoms with van der Waals surface area (Å²) in [6.45, 7) is 7.70. The van der Waals surface area contributed by atoms with E-state index in [0.717, 1.165) is 75.7 Å². The lowest BCUT2D eigenvalue weighted by atomic mass is 9.87. The van der Waals surface area contributed by atoms with Crippen molar-refractivity contribution in [1.82, 2.24) is 15.2 Å². The second-order valence-corrected chi connectivity index (χ2v) is 7.75. The maximum absolute atomic E-state index is 12.5. The van der Waals surface area contributed by atoms with Crippen molar-refractivity contribution < 1.29 is 9.53 Å². The number of ether oxygens (including phenoxy) is 1. The average Bonchev–Trinajstić information content (AvgIpc) is 3.03. The van der Waals surface area contributed by atoms with Crippen LogP contribution in [0.15, 0.2) is 18.2 Å². The summed E-state index contributed by atoms with van der Waals surface area (Å²) < 4.78 is 5.36. The van der Waals surface area contributed by atoms with E-state index in [1.54, 1.807) is 0 Å². The average molecular weight is 355 g/mol. The maximum Gasteiger partial charge on any atom is 0.251 e. The second-order valence-electron chi connectivity index (χ2n) is 7.75. The highest BCUT2D eigenvalue weighted by molar-refractivity contribution is 5.99. The standard InChI is InChI=1S/C21H29N3O2/c1-15-3-5-19-17(13-15)18-14-16(4-6-20(18)23-19)21(25)22-7-2-8-24-9-11-26-12-10-24/h4,6,14-15,23H,2-3,5,7-13H2,1H3,(H,22,25)/t15-/m0/s1. The summed E-state index contributed by atoms with van der Waals surface area (Å²) in [5.41, 5.74) is 4.71. The van der Waals surface area contributed by atoms with Crippen LogP contribution in [0.5, 0.6) is 0 Å². The first-order chi connectivity index (χ1) is 12.7. The van der Waals surface area contributed by atoms with Gasteiger partial charge in [0.25, 0.3) is 5.91 Å². The molecule has 0 unspecified atom stereocenters. The minimum Gasteiger partial charge on any atom is -0.379 e. The van der Waals surface area contributed by atoms with Gasteiger partial charge < -0.3 is 15.0 Å². The molecule has 1 atom stereocenters. The summed E-state index contributed by atoms with van der Waals surface area (Å²) >= 11 is 0. The van der Waals surface area contributed by atoms with E-state index in [-0.39, 0.29) is 5.91 Å².